The van der Waals surface area contributed by atoms with Gasteiger partial charge in [-0.15, -0.1) is 0 Å². The summed E-state index contributed by atoms with van der Waals surface area (Å²) in [7, 11) is 1.58. The van der Waals surface area contributed by atoms with Crippen LogP contribution in [0.3, 0.4) is 0 Å². The molecule has 0 fully saturated rings. The first-order chi connectivity index (χ1) is 14.4. The van der Waals surface area contributed by atoms with E-state index in [1.54, 1.807) is 31.4 Å². The molecule has 0 bridgehead atoms. The van der Waals surface area contributed by atoms with Gasteiger partial charge >= 0.3 is 5.97 Å². The van der Waals surface area contributed by atoms with Gasteiger partial charge in [-0.25, -0.2) is 9.48 Å². The number of rotatable bonds is 4. The summed E-state index contributed by atoms with van der Waals surface area (Å²) in [4.78, 5) is 17.8. The molecule has 1 aliphatic rings. The number of carbonyl (C=O) groups excluding carboxylic acids is 1. The van der Waals surface area contributed by atoms with E-state index < -0.39 is 5.97 Å². The Morgan fingerprint density at radius 3 is 2.43 bits per heavy atom. The normalized spacial score (nSPS) is 16.2. The standard InChI is InChI=1S/C24H25N3O3/c1-16-22-20(26-30-23(28)17-10-12-19(29-4)13-11-17)14-24(2,3)15-21(22)27(25-16)18-8-6-5-7-9-18/h5-13H,14-15H2,1-4H3/b26-20+. The summed E-state index contributed by atoms with van der Waals surface area (Å²) in [6, 6.07) is 16.8. The van der Waals surface area contributed by atoms with E-state index in [1.165, 1.54) is 0 Å². The average Bonchev–Trinajstić information content (AvgIpc) is 3.07. The number of aryl methyl sites for hydroxylation is 1. The minimum absolute atomic E-state index is 0.0304. The van der Waals surface area contributed by atoms with Crippen molar-refractivity contribution in [1.82, 2.24) is 9.78 Å². The molecular formula is C24H25N3O3. The van der Waals surface area contributed by atoms with Crippen molar-refractivity contribution in [3.05, 3.63) is 77.1 Å². The van der Waals surface area contributed by atoms with E-state index in [4.69, 9.17) is 14.7 Å². The van der Waals surface area contributed by atoms with Crippen LogP contribution in [0.15, 0.2) is 59.8 Å². The van der Waals surface area contributed by atoms with Gasteiger partial charge in [-0.05, 0) is 61.6 Å². The van der Waals surface area contributed by atoms with E-state index in [2.05, 4.69) is 19.0 Å². The first kappa shape index (κ1) is 19.9. The zero-order valence-electron chi connectivity index (χ0n) is 17.7. The third-order valence-electron chi connectivity index (χ3n) is 5.30. The van der Waals surface area contributed by atoms with Gasteiger partial charge < -0.3 is 9.57 Å². The van der Waals surface area contributed by atoms with Crippen molar-refractivity contribution >= 4 is 11.7 Å². The number of nitrogens with zero attached hydrogens (tertiary/aromatic N) is 3. The lowest BCUT2D eigenvalue weighted by Gasteiger charge is -2.30. The zero-order chi connectivity index (χ0) is 21.3. The number of methoxy groups -OCH3 is 1. The molecular weight excluding hydrogens is 378 g/mol. The summed E-state index contributed by atoms with van der Waals surface area (Å²) >= 11 is 0. The lowest BCUT2D eigenvalue weighted by Crippen LogP contribution is -2.29. The Hall–Kier alpha value is -3.41. The number of fused-ring (bicyclic) bond motifs is 1. The van der Waals surface area contributed by atoms with Gasteiger partial charge in [0, 0.05) is 5.56 Å². The molecule has 3 aromatic rings. The molecule has 4 rings (SSSR count). The Morgan fingerprint density at radius 2 is 1.77 bits per heavy atom. The summed E-state index contributed by atoms with van der Waals surface area (Å²) < 4.78 is 7.11. The van der Waals surface area contributed by atoms with Gasteiger partial charge in [-0.1, -0.05) is 37.2 Å². The van der Waals surface area contributed by atoms with Gasteiger partial charge in [0.25, 0.3) is 0 Å². The Balaban J connectivity index is 1.68. The zero-order valence-corrected chi connectivity index (χ0v) is 17.7. The van der Waals surface area contributed by atoms with Gasteiger partial charge in [0.1, 0.15) is 5.75 Å². The van der Waals surface area contributed by atoms with Crippen molar-refractivity contribution in [2.75, 3.05) is 7.11 Å². The number of carbonyl (C=O) groups is 1. The number of hydrogen-bond donors (Lipinski definition) is 0. The molecule has 0 aliphatic heterocycles. The van der Waals surface area contributed by atoms with Gasteiger partial charge in [0.2, 0.25) is 0 Å². The molecule has 6 nitrogen and oxygen atoms in total. The number of para-hydroxylation sites is 1. The maximum absolute atomic E-state index is 12.5. The summed E-state index contributed by atoms with van der Waals surface area (Å²) in [6.45, 7) is 6.35. The number of benzene rings is 2. The second-order valence-corrected chi connectivity index (χ2v) is 8.32. The monoisotopic (exact) mass is 403 g/mol. The summed E-state index contributed by atoms with van der Waals surface area (Å²) in [5, 5.41) is 9.05. The molecule has 1 heterocycles. The van der Waals surface area contributed by atoms with E-state index in [-0.39, 0.29) is 5.41 Å². The molecule has 2 aromatic carbocycles. The molecule has 0 spiro atoms. The number of hydrogen-bond acceptors (Lipinski definition) is 5. The van der Waals surface area contributed by atoms with Crippen LogP contribution in [0, 0.1) is 12.3 Å². The SMILES string of the molecule is COc1ccc(C(=O)O/N=C2\CC(C)(C)Cc3c2c(C)nn3-c2ccccc2)cc1. The predicted octanol–water partition coefficient (Wildman–Crippen LogP) is 4.72. The maximum atomic E-state index is 12.5. The smallest absolute Gasteiger partial charge is 0.365 e. The topological polar surface area (TPSA) is 65.7 Å². The molecule has 0 saturated carbocycles. The van der Waals surface area contributed by atoms with Crippen molar-refractivity contribution < 1.29 is 14.4 Å². The van der Waals surface area contributed by atoms with Crippen molar-refractivity contribution in [1.29, 1.82) is 0 Å². The Kier molecular flexibility index (Phi) is 5.16. The van der Waals surface area contributed by atoms with Crippen LogP contribution in [0.2, 0.25) is 0 Å². The molecule has 0 atom stereocenters. The van der Waals surface area contributed by atoms with E-state index in [0.717, 1.165) is 34.8 Å². The van der Waals surface area contributed by atoms with Crippen LogP contribution in [0.4, 0.5) is 0 Å². The molecule has 30 heavy (non-hydrogen) atoms. The van der Waals surface area contributed by atoms with Crippen LogP contribution in [0.25, 0.3) is 5.69 Å². The average molecular weight is 403 g/mol. The number of aromatic nitrogens is 2. The van der Waals surface area contributed by atoms with Gasteiger partial charge in [0.05, 0.1) is 35.5 Å². The minimum Gasteiger partial charge on any atom is -0.497 e. The molecule has 1 aromatic heterocycles. The predicted molar refractivity (Wildman–Crippen MR) is 115 cm³/mol. The van der Waals surface area contributed by atoms with Crippen molar-refractivity contribution in [2.24, 2.45) is 10.6 Å². The molecule has 0 unspecified atom stereocenters. The van der Waals surface area contributed by atoms with Crippen LogP contribution in [0.5, 0.6) is 5.75 Å². The fourth-order valence-corrected chi connectivity index (χ4v) is 3.91. The fourth-order valence-electron chi connectivity index (χ4n) is 3.91. The highest BCUT2D eigenvalue weighted by atomic mass is 16.7. The van der Waals surface area contributed by atoms with Crippen LogP contribution < -0.4 is 4.74 Å². The van der Waals surface area contributed by atoms with E-state index in [0.29, 0.717) is 17.7 Å². The molecule has 6 heteroatoms. The van der Waals surface area contributed by atoms with Crippen LogP contribution >= 0.6 is 0 Å². The number of ether oxygens (including phenoxy) is 1. The molecule has 0 amide bonds. The fraction of sp³-hybridized carbons (Fsp3) is 0.292. The lowest BCUT2D eigenvalue weighted by atomic mass is 9.75. The highest BCUT2D eigenvalue weighted by Crippen LogP contribution is 2.37. The molecule has 154 valence electrons. The lowest BCUT2D eigenvalue weighted by molar-refractivity contribution is 0.0514. The first-order valence-electron chi connectivity index (χ1n) is 9.94. The molecule has 0 N–H and O–H groups in total. The third kappa shape index (κ3) is 3.85. The second-order valence-electron chi connectivity index (χ2n) is 8.32. The van der Waals surface area contributed by atoms with Crippen LogP contribution in [-0.2, 0) is 11.3 Å². The minimum atomic E-state index is -0.497. The van der Waals surface area contributed by atoms with Crippen molar-refractivity contribution in [3.8, 4) is 11.4 Å². The summed E-state index contributed by atoms with van der Waals surface area (Å²) in [6.07, 6.45) is 1.57. The highest BCUT2D eigenvalue weighted by molar-refractivity contribution is 6.04. The molecule has 1 aliphatic carbocycles. The Morgan fingerprint density at radius 1 is 1.07 bits per heavy atom. The van der Waals surface area contributed by atoms with Crippen LogP contribution in [0.1, 0.15) is 47.6 Å². The second kappa shape index (κ2) is 7.78. The molecule has 0 radical (unpaired) electrons. The van der Waals surface area contributed by atoms with E-state index in [9.17, 15) is 4.79 Å². The maximum Gasteiger partial charge on any atom is 0.365 e. The van der Waals surface area contributed by atoms with Gasteiger partial charge in [-0.3, -0.25) is 0 Å². The first-order valence-corrected chi connectivity index (χ1v) is 9.94. The van der Waals surface area contributed by atoms with Crippen molar-refractivity contribution in [3.63, 3.8) is 0 Å². The Labute approximate surface area is 176 Å². The van der Waals surface area contributed by atoms with Gasteiger partial charge in [-0.2, -0.15) is 5.10 Å². The van der Waals surface area contributed by atoms with Gasteiger partial charge in [0.15, 0.2) is 0 Å². The third-order valence-corrected chi connectivity index (χ3v) is 5.30. The summed E-state index contributed by atoms with van der Waals surface area (Å²) in [5.41, 5.74) is 5.10. The highest BCUT2D eigenvalue weighted by Gasteiger charge is 2.35. The van der Waals surface area contributed by atoms with Crippen LogP contribution in [-0.4, -0.2) is 28.6 Å². The van der Waals surface area contributed by atoms with E-state index in [1.807, 2.05) is 41.9 Å². The summed E-state index contributed by atoms with van der Waals surface area (Å²) in [5.74, 6) is 0.184. The Bertz CT molecular complexity index is 1100. The molecule has 0 saturated heterocycles. The van der Waals surface area contributed by atoms with E-state index >= 15 is 0 Å². The largest absolute Gasteiger partial charge is 0.497 e. The number of oxime groups is 1. The van der Waals surface area contributed by atoms with Crippen molar-refractivity contribution in [2.45, 2.75) is 33.6 Å². The quantitative estimate of drug-likeness (QED) is 0.467.